The molecule has 4 nitrogen and oxygen atoms in total. The van der Waals surface area contributed by atoms with E-state index in [2.05, 4.69) is 68.9 Å². The smallest absolute Gasteiger partial charge is 0.230 e. The van der Waals surface area contributed by atoms with Crippen molar-refractivity contribution in [1.82, 2.24) is 0 Å². The zero-order chi connectivity index (χ0) is 22.9. The van der Waals surface area contributed by atoms with Gasteiger partial charge in [0.25, 0.3) is 0 Å². The number of thiophene rings is 1. The molecule has 1 spiro atoms. The number of carbonyl (C=O) groups is 1. The first-order chi connectivity index (χ1) is 15.2. The summed E-state index contributed by atoms with van der Waals surface area (Å²) in [5, 5.41) is 2.12. The van der Waals surface area contributed by atoms with Crippen LogP contribution in [-0.4, -0.2) is 30.9 Å². The average molecular weight is 456 g/mol. The largest absolute Gasteiger partial charge is 0.348 e. The van der Waals surface area contributed by atoms with Gasteiger partial charge in [0.2, 0.25) is 5.91 Å². The van der Waals surface area contributed by atoms with Gasteiger partial charge in [0, 0.05) is 35.6 Å². The van der Waals surface area contributed by atoms with Crippen molar-refractivity contribution in [1.29, 1.82) is 0 Å². The summed E-state index contributed by atoms with van der Waals surface area (Å²) in [6.45, 7) is 12.1. The highest BCUT2D eigenvalue weighted by Gasteiger charge is 2.44. The fourth-order valence-electron chi connectivity index (χ4n) is 5.19. The second-order valence-corrected chi connectivity index (χ2v) is 11.7. The molecular formula is C27H37NO3S. The van der Waals surface area contributed by atoms with Crippen LogP contribution >= 0.6 is 11.3 Å². The van der Waals surface area contributed by atoms with Crippen molar-refractivity contribution in [3.05, 3.63) is 28.0 Å². The van der Waals surface area contributed by atoms with Gasteiger partial charge in [-0.25, -0.2) is 0 Å². The van der Waals surface area contributed by atoms with Crippen molar-refractivity contribution in [3.8, 4) is 11.8 Å². The minimum absolute atomic E-state index is 0.0394. The predicted molar refractivity (Wildman–Crippen MR) is 131 cm³/mol. The van der Waals surface area contributed by atoms with Gasteiger partial charge in [-0.05, 0) is 65.4 Å². The molecule has 32 heavy (non-hydrogen) atoms. The molecule has 5 heteroatoms. The lowest BCUT2D eigenvalue weighted by Gasteiger charge is -2.42. The van der Waals surface area contributed by atoms with Crippen molar-refractivity contribution in [2.45, 2.75) is 85.0 Å². The van der Waals surface area contributed by atoms with E-state index in [1.807, 2.05) is 0 Å². The fourth-order valence-corrected chi connectivity index (χ4v) is 5.92. The summed E-state index contributed by atoms with van der Waals surface area (Å²) in [5.41, 5.74) is 2.37. The van der Waals surface area contributed by atoms with Gasteiger partial charge in [0.1, 0.15) is 0 Å². The summed E-state index contributed by atoms with van der Waals surface area (Å²) in [5.74, 6) is 6.90. The van der Waals surface area contributed by atoms with Gasteiger partial charge < -0.3 is 14.4 Å². The third kappa shape index (κ3) is 5.30. The topological polar surface area (TPSA) is 38.8 Å². The molecule has 2 aliphatic carbocycles. The van der Waals surface area contributed by atoms with Crippen LogP contribution in [0.2, 0.25) is 0 Å². The Bertz CT molecular complexity index is 913. The Morgan fingerprint density at radius 3 is 2.53 bits per heavy atom. The number of anilines is 1. The van der Waals surface area contributed by atoms with E-state index in [-0.39, 0.29) is 23.3 Å². The summed E-state index contributed by atoms with van der Waals surface area (Å²) in [7, 11) is 0. The molecule has 0 bridgehead atoms. The Morgan fingerprint density at radius 1 is 1.22 bits per heavy atom. The normalized spacial score (nSPS) is 25.8. The number of carbonyl (C=O) groups excluding carboxylic acids is 1. The first-order valence-corrected chi connectivity index (χ1v) is 12.9. The van der Waals surface area contributed by atoms with Crippen LogP contribution in [0.4, 0.5) is 5.69 Å². The molecular weight excluding hydrogens is 418 g/mol. The molecule has 0 radical (unpaired) electrons. The summed E-state index contributed by atoms with van der Waals surface area (Å²) >= 11 is 1.64. The zero-order valence-electron chi connectivity index (χ0n) is 20.2. The molecule has 2 heterocycles. The number of ether oxygens (including phenoxy) is 2. The maximum absolute atomic E-state index is 14.0. The molecule has 1 aromatic heterocycles. The highest BCUT2D eigenvalue weighted by molar-refractivity contribution is 7.11. The van der Waals surface area contributed by atoms with Crippen LogP contribution in [0.25, 0.3) is 0 Å². The fraction of sp³-hybridized carbons (Fsp3) is 0.667. The summed E-state index contributed by atoms with van der Waals surface area (Å²) in [6.07, 6.45) is 7.60. The van der Waals surface area contributed by atoms with Gasteiger partial charge >= 0.3 is 0 Å². The number of nitrogens with zero attached hydrogens (tertiary/aromatic N) is 1. The second kappa shape index (κ2) is 9.33. The monoisotopic (exact) mass is 455 g/mol. The van der Waals surface area contributed by atoms with Gasteiger partial charge in [-0.3, -0.25) is 4.79 Å². The molecule has 2 fully saturated rings. The molecule has 1 aromatic rings. The number of allylic oxidation sites excluding steroid dienone is 2. The molecule has 174 valence electrons. The van der Waals surface area contributed by atoms with E-state index in [1.165, 1.54) is 5.57 Å². The maximum atomic E-state index is 14.0. The quantitative estimate of drug-likeness (QED) is 0.405. The number of amides is 1. The third-order valence-corrected chi connectivity index (χ3v) is 7.76. The lowest BCUT2D eigenvalue weighted by molar-refractivity contribution is -0.179. The summed E-state index contributed by atoms with van der Waals surface area (Å²) in [6, 6.07) is 2.29. The lowest BCUT2D eigenvalue weighted by atomic mass is 9.79. The molecule has 0 unspecified atom stereocenters. The van der Waals surface area contributed by atoms with Crippen LogP contribution in [0.15, 0.2) is 23.1 Å². The second-order valence-electron chi connectivity index (χ2n) is 10.8. The van der Waals surface area contributed by atoms with Gasteiger partial charge in [0.15, 0.2) is 5.79 Å². The van der Waals surface area contributed by atoms with E-state index in [1.54, 1.807) is 11.3 Å². The zero-order valence-corrected chi connectivity index (χ0v) is 21.0. The molecule has 3 aliphatic rings. The Labute approximate surface area is 197 Å². The van der Waals surface area contributed by atoms with Crippen molar-refractivity contribution in [2.75, 3.05) is 18.1 Å². The maximum Gasteiger partial charge on any atom is 0.230 e. The van der Waals surface area contributed by atoms with E-state index in [0.29, 0.717) is 19.1 Å². The van der Waals surface area contributed by atoms with Gasteiger partial charge in [0.05, 0.1) is 23.8 Å². The molecule has 1 aliphatic heterocycles. The molecule has 0 aromatic carbocycles. The predicted octanol–water partition coefficient (Wildman–Crippen LogP) is 6.16. The highest BCUT2D eigenvalue weighted by atomic mass is 32.1. The number of rotatable bonds is 3. The Hall–Kier alpha value is -1.61. The third-order valence-electron chi connectivity index (χ3n) is 6.93. The molecule has 2 atom stereocenters. The van der Waals surface area contributed by atoms with Crippen LogP contribution in [0.1, 0.15) is 78.0 Å². The summed E-state index contributed by atoms with van der Waals surface area (Å²) in [4.78, 5) is 17.1. The minimum Gasteiger partial charge on any atom is -0.348 e. The highest BCUT2D eigenvalue weighted by Crippen LogP contribution is 2.41. The van der Waals surface area contributed by atoms with Crippen LogP contribution < -0.4 is 4.90 Å². The van der Waals surface area contributed by atoms with Crippen LogP contribution in [0, 0.1) is 29.1 Å². The summed E-state index contributed by atoms with van der Waals surface area (Å²) < 4.78 is 11.9. The molecule has 4 rings (SSSR count). The van der Waals surface area contributed by atoms with Gasteiger partial charge in [-0.2, -0.15) is 0 Å². The minimum atomic E-state index is -0.415. The van der Waals surface area contributed by atoms with E-state index in [4.69, 9.17) is 9.47 Å². The Kier molecular flexibility index (Phi) is 6.86. The molecule has 1 amide bonds. The number of hydrogen-bond donors (Lipinski definition) is 0. The van der Waals surface area contributed by atoms with Crippen LogP contribution in [0.5, 0.6) is 0 Å². The van der Waals surface area contributed by atoms with Crippen molar-refractivity contribution < 1.29 is 14.3 Å². The standard InChI is InChI=1S/C27H37NO3S/c1-19-6-7-24(20(2)16-19)25(29)28(21-8-12-27(13-9-21)30-14-15-31-27)22-17-23(32-18-22)10-11-26(3,4)5/h6,17-18,20-21,24H,7-9,12-16H2,1-5H3/t20-,24-/m0/s1. The first-order valence-electron chi connectivity index (χ1n) is 12.0. The Morgan fingerprint density at radius 2 is 1.91 bits per heavy atom. The van der Waals surface area contributed by atoms with E-state index < -0.39 is 5.79 Å². The van der Waals surface area contributed by atoms with Crippen LogP contribution in [-0.2, 0) is 14.3 Å². The van der Waals surface area contributed by atoms with Gasteiger partial charge in [-0.1, -0.05) is 30.4 Å². The SMILES string of the molecule is CC1=CC[C@H](C(=O)N(c2csc(C#CC(C)(C)C)c2)C2CCC3(CC2)OCCO3)[C@@H](C)C1. The first kappa shape index (κ1) is 23.5. The molecule has 1 saturated heterocycles. The van der Waals surface area contributed by atoms with Crippen molar-refractivity contribution in [3.63, 3.8) is 0 Å². The lowest BCUT2D eigenvalue weighted by Crippen LogP contribution is -2.49. The van der Waals surface area contributed by atoms with Crippen molar-refractivity contribution >= 4 is 22.9 Å². The molecule has 1 saturated carbocycles. The van der Waals surface area contributed by atoms with Crippen molar-refractivity contribution in [2.24, 2.45) is 17.3 Å². The number of hydrogen-bond acceptors (Lipinski definition) is 4. The van der Waals surface area contributed by atoms with E-state index >= 15 is 0 Å². The Balaban J connectivity index is 1.59. The van der Waals surface area contributed by atoms with E-state index in [0.717, 1.165) is 49.1 Å². The van der Waals surface area contributed by atoms with Crippen LogP contribution in [0.3, 0.4) is 0 Å². The van der Waals surface area contributed by atoms with Gasteiger partial charge in [-0.15, -0.1) is 11.3 Å². The molecule has 0 N–H and O–H groups in total. The average Bonchev–Trinajstić information content (AvgIpc) is 3.38. The van der Waals surface area contributed by atoms with E-state index in [9.17, 15) is 4.79 Å².